The molecule has 0 radical (unpaired) electrons. The first kappa shape index (κ1) is 14.8. The van der Waals surface area contributed by atoms with E-state index in [0.29, 0.717) is 29.5 Å². The fourth-order valence-corrected chi connectivity index (χ4v) is 1.78. The van der Waals surface area contributed by atoms with Crippen LogP contribution in [0.2, 0.25) is 0 Å². The first-order chi connectivity index (χ1) is 10.1. The van der Waals surface area contributed by atoms with Crippen molar-refractivity contribution in [2.45, 2.75) is 20.3 Å². The highest BCUT2D eigenvalue weighted by atomic mass is 16.5. The van der Waals surface area contributed by atoms with Gasteiger partial charge in [0.05, 0.1) is 12.2 Å². The average Bonchev–Trinajstić information content (AvgIpc) is 2.44. The van der Waals surface area contributed by atoms with Crippen molar-refractivity contribution in [3.8, 4) is 0 Å². The first-order valence-corrected chi connectivity index (χ1v) is 6.70. The van der Waals surface area contributed by atoms with Crippen molar-refractivity contribution >= 4 is 17.6 Å². The molecule has 2 N–H and O–H groups in total. The van der Waals surface area contributed by atoms with Crippen molar-refractivity contribution in [3.63, 3.8) is 0 Å². The Balaban J connectivity index is 2.17. The summed E-state index contributed by atoms with van der Waals surface area (Å²) in [6.07, 6.45) is 0.776. The van der Waals surface area contributed by atoms with Crippen LogP contribution in [0.5, 0.6) is 0 Å². The lowest BCUT2D eigenvalue weighted by Crippen LogP contribution is -2.11. The van der Waals surface area contributed by atoms with Crippen LogP contribution in [0.3, 0.4) is 0 Å². The molecule has 0 aliphatic carbocycles. The fraction of sp³-hybridized carbons (Fsp3) is 0.267. The summed E-state index contributed by atoms with van der Waals surface area (Å²) in [5.74, 6) is -0.0368. The van der Waals surface area contributed by atoms with Crippen molar-refractivity contribution in [1.29, 1.82) is 0 Å². The molecule has 21 heavy (non-hydrogen) atoms. The monoisotopic (exact) mass is 287 g/mol. The Labute approximate surface area is 122 Å². The first-order valence-electron chi connectivity index (χ1n) is 6.70. The van der Waals surface area contributed by atoms with E-state index < -0.39 is 0 Å². The van der Waals surface area contributed by atoms with E-state index in [1.54, 1.807) is 31.2 Å². The largest absolute Gasteiger partial charge is 0.462 e. The number of anilines is 2. The Morgan fingerprint density at radius 3 is 2.90 bits per heavy atom. The van der Waals surface area contributed by atoms with Gasteiger partial charge in [0.2, 0.25) is 5.95 Å². The molecule has 0 atom stereocenters. The molecule has 0 fully saturated rings. The molecule has 0 bridgehead atoms. The van der Waals surface area contributed by atoms with Crippen molar-refractivity contribution in [1.82, 2.24) is 9.97 Å². The van der Waals surface area contributed by atoms with E-state index >= 15 is 0 Å². The predicted molar refractivity (Wildman–Crippen MR) is 79.9 cm³/mol. The number of rotatable bonds is 5. The number of hydrogen-bond donors (Lipinski definition) is 2. The van der Waals surface area contributed by atoms with E-state index in [2.05, 4.69) is 15.3 Å². The number of aromatic amines is 1. The number of hydrogen-bond acceptors (Lipinski definition) is 5. The van der Waals surface area contributed by atoms with E-state index in [-0.39, 0.29) is 11.5 Å². The van der Waals surface area contributed by atoms with Crippen molar-refractivity contribution < 1.29 is 9.53 Å². The number of nitrogens with zero attached hydrogens (tertiary/aromatic N) is 1. The molecule has 0 saturated heterocycles. The summed E-state index contributed by atoms with van der Waals surface area (Å²) >= 11 is 0. The number of nitrogens with one attached hydrogen (secondary N) is 2. The zero-order chi connectivity index (χ0) is 15.2. The smallest absolute Gasteiger partial charge is 0.338 e. The van der Waals surface area contributed by atoms with Gasteiger partial charge in [0, 0.05) is 17.4 Å². The average molecular weight is 287 g/mol. The Hall–Kier alpha value is -2.63. The molecular weight excluding hydrogens is 270 g/mol. The lowest BCUT2D eigenvalue weighted by Gasteiger charge is -2.08. The molecule has 1 aromatic carbocycles. The zero-order valence-corrected chi connectivity index (χ0v) is 12.0. The van der Waals surface area contributed by atoms with Gasteiger partial charge < -0.3 is 10.1 Å². The van der Waals surface area contributed by atoms with Crippen molar-refractivity contribution in [2.75, 3.05) is 11.9 Å². The summed E-state index contributed by atoms with van der Waals surface area (Å²) < 4.78 is 5.08. The molecule has 2 rings (SSSR count). The number of esters is 1. The number of carbonyl (C=O) groups is 1. The normalized spacial score (nSPS) is 10.2. The molecule has 0 spiro atoms. The minimum atomic E-state index is -0.369. The summed E-state index contributed by atoms with van der Waals surface area (Å²) in [6.45, 7) is 4.06. The Kier molecular flexibility index (Phi) is 4.71. The van der Waals surface area contributed by atoms with E-state index in [0.717, 1.165) is 6.42 Å². The van der Waals surface area contributed by atoms with Crippen LogP contribution >= 0.6 is 0 Å². The minimum Gasteiger partial charge on any atom is -0.462 e. The van der Waals surface area contributed by atoms with Gasteiger partial charge in [-0.1, -0.05) is 13.0 Å². The molecule has 110 valence electrons. The zero-order valence-electron chi connectivity index (χ0n) is 12.0. The highest BCUT2D eigenvalue weighted by Crippen LogP contribution is 2.15. The molecule has 0 unspecified atom stereocenters. The van der Waals surface area contributed by atoms with Crippen LogP contribution in [0, 0.1) is 6.92 Å². The van der Waals surface area contributed by atoms with Gasteiger partial charge in [0.25, 0.3) is 5.56 Å². The third kappa shape index (κ3) is 4.17. The SMILES string of the molecule is CCCOC(=O)c1cccc(Nc2nc(C)cc(=O)[nH]2)c1. The number of aromatic nitrogens is 2. The van der Waals surface area contributed by atoms with Gasteiger partial charge in [0.1, 0.15) is 0 Å². The fourth-order valence-electron chi connectivity index (χ4n) is 1.78. The quantitative estimate of drug-likeness (QED) is 0.825. The predicted octanol–water partition coefficient (Wildman–Crippen LogP) is 2.39. The Morgan fingerprint density at radius 1 is 1.38 bits per heavy atom. The van der Waals surface area contributed by atoms with Crippen molar-refractivity contribution in [3.05, 3.63) is 51.9 Å². The van der Waals surface area contributed by atoms with Gasteiger partial charge in [-0.3, -0.25) is 9.78 Å². The number of H-pyrrole nitrogens is 1. The second kappa shape index (κ2) is 6.69. The number of ether oxygens (including phenoxy) is 1. The second-order valence-electron chi connectivity index (χ2n) is 4.58. The van der Waals surface area contributed by atoms with Crippen LogP contribution in [0.4, 0.5) is 11.6 Å². The molecule has 2 aromatic rings. The van der Waals surface area contributed by atoms with E-state index in [1.165, 1.54) is 6.07 Å². The third-order valence-corrected chi connectivity index (χ3v) is 2.67. The maximum absolute atomic E-state index is 11.8. The van der Waals surface area contributed by atoms with Crippen LogP contribution in [0.1, 0.15) is 29.4 Å². The van der Waals surface area contributed by atoms with E-state index in [4.69, 9.17) is 4.74 Å². The lowest BCUT2D eigenvalue weighted by molar-refractivity contribution is 0.0505. The highest BCUT2D eigenvalue weighted by molar-refractivity contribution is 5.90. The van der Waals surface area contributed by atoms with Crippen LogP contribution in [0.25, 0.3) is 0 Å². The summed E-state index contributed by atoms with van der Waals surface area (Å²) in [5.41, 5.74) is 1.47. The maximum atomic E-state index is 11.8. The molecule has 0 saturated carbocycles. The number of aryl methyl sites for hydroxylation is 1. The van der Waals surface area contributed by atoms with Gasteiger partial charge >= 0.3 is 5.97 Å². The van der Waals surface area contributed by atoms with Gasteiger partial charge in [-0.25, -0.2) is 9.78 Å². The summed E-state index contributed by atoms with van der Waals surface area (Å²) in [4.78, 5) is 29.9. The van der Waals surface area contributed by atoms with Gasteiger partial charge in [-0.05, 0) is 31.5 Å². The Bertz CT molecular complexity index is 695. The lowest BCUT2D eigenvalue weighted by atomic mass is 10.2. The summed E-state index contributed by atoms with van der Waals surface area (Å²) in [5, 5.41) is 2.96. The number of benzene rings is 1. The molecule has 0 amide bonds. The highest BCUT2D eigenvalue weighted by Gasteiger charge is 2.08. The topological polar surface area (TPSA) is 84.1 Å². The van der Waals surface area contributed by atoms with Crippen molar-refractivity contribution in [2.24, 2.45) is 0 Å². The number of carbonyl (C=O) groups excluding carboxylic acids is 1. The maximum Gasteiger partial charge on any atom is 0.338 e. The van der Waals surface area contributed by atoms with Gasteiger partial charge in [0.15, 0.2) is 0 Å². The molecule has 0 aliphatic heterocycles. The van der Waals surface area contributed by atoms with E-state index in [1.807, 2.05) is 6.92 Å². The van der Waals surface area contributed by atoms with Crippen LogP contribution in [0.15, 0.2) is 35.1 Å². The Morgan fingerprint density at radius 2 is 2.19 bits per heavy atom. The summed E-state index contributed by atoms with van der Waals surface area (Å²) in [6, 6.07) is 8.25. The molecule has 6 heteroatoms. The third-order valence-electron chi connectivity index (χ3n) is 2.67. The molecule has 6 nitrogen and oxygen atoms in total. The van der Waals surface area contributed by atoms with Crippen LogP contribution < -0.4 is 10.9 Å². The summed E-state index contributed by atoms with van der Waals surface area (Å²) in [7, 11) is 0. The second-order valence-corrected chi connectivity index (χ2v) is 4.58. The van der Waals surface area contributed by atoms with E-state index in [9.17, 15) is 9.59 Å². The molecule has 0 aliphatic rings. The molecular formula is C15H17N3O3. The van der Waals surface area contributed by atoms with Crippen LogP contribution in [-0.2, 0) is 4.74 Å². The molecule has 1 heterocycles. The minimum absolute atomic E-state index is 0.233. The van der Waals surface area contributed by atoms with Gasteiger partial charge in [-0.15, -0.1) is 0 Å². The van der Waals surface area contributed by atoms with Gasteiger partial charge in [-0.2, -0.15) is 0 Å². The standard InChI is InChI=1S/C15H17N3O3/c1-3-7-21-14(20)11-5-4-6-12(9-11)17-15-16-10(2)8-13(19)18-15/h4-6,8-9H,3,7H2,1-2H3,(H2,16,17,18,19). The van der Waals surface area contributed by atoms with Crippen LogP contribution in [-0.4, -0.2) is 22.5 Å². The molecule has 1 aromatic heterocycles.